The van der Waals surface area contributed by atoms with Crippen LogP contribution in [-0.4, -0.2) is 74.8 Å². The molecule has 2 N–H and O–H groups in total. The van der Waals surface area contributed by atoms with Gasteiger partial charge < -0.3 is 19.8 Å². The first-order valence-electron chi connectivity index (χ1n) is 10.4. The maximum atomic E-state index is 15.0. The molecule has 3 aromatic heterocycles. The summed E-state index contributed by atoms with van der Waals surface area (Å²) in [5, 5.41) is 8.53. The van der Waals surface area contributed by atoms with Gasteiger partial charge in [0.15, 0.2) is 0 Å². The molecule has 0 spiro atoms. The zero-order valence-corrected chi connectivity index (χ0v) is 17.1. The highest BCUT2D eigenvalue weighted by atomic mass is 19.1. The lowest BCUT2D eigenvalue weighted by molar-refractivity contribution is -0.0848. The van der Waals surface area contributed by atoms with Crippen LogP contribution in [0, 0.1) is 6.92 Å². The van der Waals surface area contributed by atoms with Crippen LogP contribution >= 0.6 is 0 Å². The summed E-state index contributed by atoms with van der Waals surface area (Å²) in [7, 11) is 0. The van der Waals surface area contributed by atoms with Gasteiger partial charge in [-0.25, -0.2) is 4.39 Å². The number of alkyl halides is 1. The number of hydrogen-bond donors (Lipinski definition) is 2. The van der Waals surface area contributed by atoms with Crippen LogP contribution in [0.2, 0.25) is 0 Å². The van der Waals surface area contributed by atoms with Crippen molar-refractivity contribution >= 4 is 22.7 Å². The van der Waals surface area contributed by atoms with Crippen LogP contribution in [0.25, 0.3) is 11.0 Å². The summed E-state index contributed by atoms with van der Waals surface area (Å²) in [5.74, 6) is 0.931. The molecule has 3 aromatic rings. The number of aromatic amines is 1. The Balaban J connectivity index is 1.34. The number of anilines is 2. The van der Waals surface area contributed by atoms with Crippen molar-refractivity contribution in [3.05, 3.63) is 24.2 Å². The molecule has 0 aromatic carbocycles. The molecule has 0 saturated carbocycles. The number of likely N-dealkylation sites (tertiary alicyclic amines) is 1. The minimum Gasteiger partial charge on any atom is -0.477 e. The summed E-state index contributed by atoms with van der Waals surface area (Å²) in [5.41, 5.74) is 2.30. The third-order valence-electron chi connectivity index (χ3n) is 5.94. The van der Waals surface area contributed by atoms with Crippen LogP contribution in [-0.2, 0) is 4.74 Å². The van der Waals surface area contributed by atoms with Gasteiger partial charge in [-0.3, -0.25) is 9.58 Å². The maximum Gasteiger partial charge on any atom is 0.232 e. The molecular weight excluding hydrogens is 389 g/mol. The summed E-state index contributed by atoms with van der Waals surface area (Å²) < 4.78 is 27.7. The van der Waals surface area contributed by atoms with Crippen LogP contribution in [0.15, 0.2) is 18.5 Å². The molecule has 2 atom stereocenters. The smallest absolute Gasteiger partial charge is 0.232 e. The quantitative estimate of drug-likeness (QED) is 0.639. The Morgan fingerprint density at radius 2 is 2.23 bits per heavy atom. The lowest BCUT2D eigenvalue weighted by Crippen LogP contribution is -2.55. The predicted octanol–water partition coefficient (Wildman–Crippen LogP) is 2.59. The molecule has 2 fully saturated rings. The number of nitrogens with one attached hydrogen (secondary N) is 2. The van der Waals surface area contributed by atoms with E-state index >= 15 is 0 Å². The van der Waals surface area contributed by atoms with Gasteiger partial charge in [-0.1, -0.05) is 0 Å². The second kappa shape index (κ2) is 7.84. The van der Waals surface area contributed by atoms with Crippen molar-refractivity contribution in [2.24, 2.45) is 0 Å². The first-order valence-corrected chi connectivity index (χ1v) is 10.4. The molecular formula is C20H26FN7O2. The van der Waals surface area contributed by atoms with Gasteiger partial charge in [-0.15, -0.1) is 0 Å². The van der Waals surface area contributed by atoms with Gasteiger partial charge in [0.25, 0.3) is 0 Å². The zero-order chi connectivity index (χ0) is 20.7. The summed E-state index contributed by atoms with van der Waals surface area (Å²) in [4.78, 5) is 14.3. The maximum absolute atomic E-state index is 15.0. The third-order valence-corrected chi connectivity index (χ3v) is 5.94. The van der Waals surface area contributed by atoms with Crippen LogP contribution in [0.1, 0.15) is 25.1 Å². The number of H-pyrrole nitrogens is 1. The van der Waals surface area contributed by atoms with E-state index in [-0.39, 0.29) is 6.04 Å². The van der Waals surface area contributed by atoms with Crippen molar-refractivity contribution in [2.45, 2.75) is 38.5 Å². The first kappa shape index (κ1) is 19.3. The zero-order valence-electron chi connectivity index (χ0n) is 17.1. The molecule has 30 heavy (non-hydrogen) atoms. The Labute approximate surface area is 173 Å². The third kappa shape index (κ3) is 3.39. The summed E-state index contributed by atoms with van der Waals surface area (Å²) in [6.07, 6.45) is 3.26. The van der Waals surface area contributed by atoms with E-state index < -0.39 is 6.17 Å². The van der Waals surface area contributed by atoms with E-state index in [1.165, 1.54) is 0 Å². The van der Waals surface area contributed by atoms with E-state index in [1.807, 2.05) is 19.9 Å². The summed E-state index contributed by atoms with van der Waals surface area (Å²) >= 11 is 0. The van der Waals surface area contributed by atoms with E-state index in [4.69, 9.17) is 9.47 Å². The Hall–Kier alpha value is -2.72. The van der Waals surface area contributed by atoms with Crippen LogP contribution in [0.4, 0.5) is 16.0 Å². The number of rotatable bonds is 6. The number of hydrogen-bond acceptors (Lipinski definition) is 7. The highest BCUT2D eigenvalue weighted by Gasteiger charge is 2.37. The molecule has 0 aliphatic carbocycles. The van der Waals surface area contributed by atoms with Gasteiger partial charge >= 0.3 is 0 Å². The number of aromatic nitrogens is 5. The molecule has 2 aliphatic rings. The fraction of sp³-hybridized carbons (Fsp3) is 0.550. The summed E-state index contributed by atoms with van der Waals surface area (Å²) in [6, 6.07) is 1.97. The van der Waals surface area contributed by atoms with Crippen molar-refractivity contribution in [3.63, 3.8) is 0 Å². The molecule has 0 amide bonds. The van der Waals surface area contributed by atoms with Crippen molar-refractivity contribution < 1.29 is 13.9 Å². The molecule has 5 heterocycles. The fourth-order valence-corrected chi connectivity index (χ4v) is 4.17. The molecule has 2 saturated heterocycles. The highest BCUT2D eigenvalue weighted by Crippen LogP contribution is 2.31. The Morgan fingerprint density at radius 3 is 2.97 bits per heavy atom. The highest BCUT2D eigenvalue weighted by molar-refractivity contribution is 5.82. The monoisotopic (exact) mass is 415 g/mol. The van der Waals surface area contributed by atoms with Gasteiger partial charge in [0.05, 0.1) is 54.9 Å². The molecule has 2 unspecified atom stereocenters. The first-order chi connectivity index (χ1) is 14.6. The Morgan fingerprint density at radius 1 is 1.37 bits per heavy atom. The van der Waals surface area contributed by atoms with Crippen molar-refractivity contribution in [3.8, 4) is 5.88 Å². The minimum atomic E-state index is -0.970. The SMILES string of the molecule is CCOc1nc(Nc2cnn(C3CCN(C4COC4)CC3F)c2C)nc2[nH]ccc12. The summed E-state index contributed by atoms with van der Waals surface area (Å²) in [6.45, 7) is 7.06. The van der Waals surface area contributed by atoms with Gasteiger partial charge in [0, 0.05) is 19.3 Å². The van der Waals surface area contributed by atoms with E-state index in [2.05, 4.69) is 30.3 Å². The second-order valence-electron chi connectivity index (χ2n) is 7.80. The van der Waals surface area contributed by atoms with E-state index in [9.17, 15) is 4.39 Å². The lowest BCUT2D eigenvalue weighted by Gasteiger charge is -2.42. The normalized spacial score (nSPS) is 22.9. The van der Waals surface area contributed by atoms with Crippen LogP contribution in [0.5, 0.6) is 5.88 Å². The lowest BCUT2D eigenvalue weighted by atomic mass is 10.0. The van der Waals surface area contributed by atoms with E-state index in [0.717, 1.165) is 29.7 Å². The molecule has 10 heteroatoms. The molecule has 5 rings (SSSR count). The van der Waals surface area contributed by atoms with Crippen molar-refractivity contribution in [1.29, 1.82) is 0 Å². The average molecular weight is 415 g/mol. The van der Waals surface area contributed by atoms with Crippen LogP contribution in [0.3, 0.4) is 0 Å². The Bertz CT molecular complexity index is 1030. The predicted molar refractivity (Wildman–Crippen MR) is 110 cm³/mol. The number of ether oxygens (including phenoxy) is 2. The average Bonchev–Trinajstić information content (AvgIpc) is 3.29. The van der Waals surface area contributed by atoms with Gasteiger partial charge in [0.1, 0.15) is 11.8 Å². The number of piperidine rings is 1. The largest absolute Gasteiger partial charge is 0.477 e. The number of fused-ring (bicyclic) bond motifs is 1. The van der Waals surface area contributed by atoms with Gasteiger partial charge in [0.2, 0.25) is 11.8 Å². The van der Waals surface area contributed by atoms with Crippen molar-refractivity contribution in [1.82, 2.24) is 29.6 Å². The molecule has 0 bridgehead atoms. The topological polar surface area (TPSA) is 93.1 Å². The Kier molecular flexibility index (Phi) is 5.03. The molecule has 160 valence electrons. The number of halogens is 1. The standard InChI is InChI=1S/C20H26FN7O2/c1-3-30-19-14-4-6-22-18(14)25-20(26-19)24-16-8-23-28(12(16)2)17-5-7-27(9-15(17)21)13-10-29-11-13/h4,6,8,13,15,17H,3,5,7,9-11H2,1-2H3,(H2,22,24,25,26). The fourth-order valence-electron chi connectivity index (χ4n) is 4.17. The molecule has 2 aliphatic heterocycles. The second-order valence-corrected chi connectivity index (χ2v) is 7.80. The molecule has 9 nitrogen and oxygen atoms in total. The minimum absolute atomic E-state index is 0.274. The van der Waals surface area contributed by atoms with E-state index in [0.29, 0.717) is 49.9 Å². The van der Waals surface area contributed by atoms with Crippen LogP contribution < -0.4 is 10.1 Å². The van der Waals surface area contributed by atoms with Crippen molar-refractivity contribution in [2.75, 3.05) is 38.2 Å². The van der Waals surface area contributed by atoms with Gasteiger partial charge in [-0.05, 0) is 26.3 Å². The molecule has 0 radical (unpaired) electrons. The van der Waals surface area contributed by atoms with Gasteiger partial charge in [-0.2, -0.15) is 15.1 Å². The van der Waals surface area contributed by atoms with E-state index in [1.54, 1.807) is 17.1 Å². The number of nitrogens with zero attached hydrogens (tertiary/aromatic N) is 5.